The van der Waals surface area contributed by atoms with Crippen LogP contribution in [0.4, 0.5) is 0 Å². The summed E-state index contributed by atoms with van der Waals surface area (Å²) < 4.78 is 0. The number of carbonyl (C=O) groups is 1. The minimum atomic E-state index is 0. The highest BCUT2D eigenvalue weighted by atomic mass is 35.5. The van der Waals surface area contributed by atoms with Crippen molar-refractivity contribution in [2.45, 2.75) is 50.5 Å². The van der Waals surface area contributed by atoms with Crippen LogP contribution >= 0.6 is 12.4 Å². The van der Waals surface area contributed by atoms with E-state index in [9.17, 15) is 4.79 Å². The van der Waals surface area contributed by atoms with Crippen LogP contribution in [-0.4, -0.2) is 25.0 Å². The number of piperidine rings is 1. The third-order valence-electron chi connectivity index (χ3n) is 4.80. The monoisotopic (exact) mass is 308 g/mol. The Morgan fingerprint density at radius 3 is 2.71 bits per heavy atom. The Morgan fingerprint density at radius 1 is 1.33 bits per heavy atom. The van der Waals surface area contributed by atoms with Crippen LogP contribution in [0.15, 0.2) is 24.3 Å². The lowest BCUT2D eigenvalue weighted by Crippen LogP contribution is -2.48. The smallest absolute Gasteiger partial charge is 0.237 e. The standard InChI is InChI=1S/C17H24N2O.ClH/c1-13-6-2-3-7-14(13)17(9-10-17)12-19-16(20)15-8-4-5-11-18-15;/h2-3,6-7,15,18H,4-5,8-12H2,1H3,(H,19,20);1H. The van der Waals surface area contributed by atoms with Gasteiger partial charge in [-0.1, -0.05) is 30.7 Å². The number of nitrogens with one attached hydrogen (secondary N) is 2. The van der Waals surface area contributed by atoms with E-state index in [1.54, 1.807) is 0 Å². The van der Waals surface area contributed by atoms with Gasteiger partial charge in [0.25, 0.3) is 0 Å². The molecule has 1 unspecified atom stereocenters. The second-order valence-corrected chi connectivity index (χ2v) is 6.32. The van der Waals surface area contributed by atoms with Gasteiger partial charge in [0.1, 0.15) is 0 Å². The molecule has 2 fully saturated rings. The summed E-state index contributed by atoms with van der Waals surface area (Å²) in [4.78, 5) is 12.2. The first-order chi connectivity index (χ1) is 9.71. The molecular formula is C17H25ClN2O. The fourth-order valence-electron chi connectivity index (χ4n) is 3.32. The molecule has 0 spiro atoms. The highest BCUT2D eigenvalue weighted by Crippen LogP contribution is 2.48. The molecule has 1 aliphatic heterocycles. The lowest BCUT2D eigenvalue weighted by Gasteiger charge is -2.25. The number of aryl methyl sites for hydroxylation is 1. The molecule has 3 nitrogen and oxygen atoms in total. The van der Waals surface area contributed by atoms with Gasteiger partial charge in [0.2, 0.25) is 5.91 Å². The molecule has 116 valence electrons. The van der Waals surface area contributed by atoms with Gasteiger partial charge in [0.05, 0.1) is 6.04 Å². The molecule has 1 aliphatic carbocycles. The number of carbonyl (C=O) groups excluding carboxylic acids is 1. The topological polar surface area (TPSA) is 41.1 Å². The van der Waals surface area contributed by atoms with Crippen LogP contribution in [0.25, 0.3) is 0 Å². The fourth-order valence-corrected chi connectivity index (χ4v) is 3.32. The summed E-state index contributed by atoms with van der Waals surface area (Å²) in [5, 5.41) is 6.49. The Labute approximate surface area is 133 Å². The van der Waals surface area contributed by atoms with Crippen molar-refractivity contribution in [1.29, 1.82) is 0 Å². The summed E-state index contributed by atoms with van der Waals surface area (Å²) in [5.41, 5.74) is 2.96. The predicted molar refractivity (Wildman–Crippen MR) is 88.0 cm³/mol. The Hall–Kier alpha value is -1.06. The summed E-state index contributed by atoms with van der Waals surface area (Å²) in [6, 6.07) is 8.59. The average Bonchev–Trinajstić information content (AvgIpc) is 3.27. The van der Waals surface area contributed by atoms with Gasteiger partial charge in [-0.25, -0.2) is 0 Å². The Balaban J connectivity index is 0.00000161. The molecule has 4 heteroatoms. The third-order valence-corrected chi connectivity index (χ3v) is 4.80. The Morgan fingerprint density at radius 2 is 2.10 bits per heavy atom. The van der Waals surface area contributed by atoms with Crippen molar-refractivity contribution in [2.75, 3.05) is 13.1 Å². The van der Waals surface area contributed by atoms with Crippen LogP contribution in [0.3, 0.4) is 0 Å². The van der Waals surface area contributed by atoms with E-state index in [4.69, 9.17) is 0 Å². The zero-order valence-electron chi connectivity index (χ0n) is 12.7. The van der Waals surface area contributed by atoms with Crippen molar-refractivity contribution in [2.24, 2.45) is 0 Å². The van der Waals surface area contributed by atoms with Crippen molar-refractivity contribution in [3.8, 4) is 0 Å². The van der Waals surface area contributed by atoms with Gasteiger partial charge in [-0.3, -0.25) is 4.79 Å². The zero-order chi connectivity index (χ0) is 14.0. The van der Waals surface area contributed by atoms with Crippen molar-refractivity contribution >= 4 is 18.3 Å². The molecule has 0 bridgehead atoms. The van der Waals surface area contributed by atoms with Gasteiger partial charge in [-0.2, -0.15) is 0 Å². The summed E-state index contributed by atoms with van der Waals surface area (Å²) in [7, 11) is 0. The second kappa shape index (κ2) is 6.80. The molecule has 0 radical (unpaired) electrons. The molecular weight excluding hydrogens is 284 g/mol. The normalized spacial score (nSPS) is 23.0. The highest BCUT2D eigenvalue weighted by Gasteiger charge is 2.45. The van der Waals surface area contributed by atoms with Gasteiger partial charge in [0.15, 0.2) is 0 Å². The summed E-state index contributed by atoms with van der Waals surface area (Å²) >= 11 is 0. The van der Waals surface area contributed by atoms with Crippen LogP contribution in [0.2, 0.25) is 0 Å². The molecule has 1 atom stereocenters. The van der Waals surface area contributed by atoms with Gasteiger partial charge >= 0.3 is 0 Å². The Bertz CT molecular complexity index is 493. The van der Waals surface area contributed by atoms with Crippen LogP contribution in [0, 0.1) is 6.92 Å². The number of hydrogen-bond acceptors (Lipinski definition) is 2. The average molecular weight is 309 g/mol. The van der Waals surface area contributed by atoms with E-state index in [-0.39, 0.29) is 29.8 Å². The van der Waals surface area contributed by atoms with E-state index in [0.717, 1.165) is 25.9 Å². The van der Waals surface area contributed by atoms with Crippen molar-refractivity contribution < 1.29 is 4.79 Å². The molecule has 1 saturated carbocycles. The van der Waals surface area contributed by atoms with E-state index >= 15 is 0 Å². The van der Waals surface area contributed by atoms with Gasteiger partial charge in [0, 0.05) is 12.0 Å². The molecule has 21 heavy (non-hydrogen) atoms. The van der Waals surface area contributed by atoms with Gasteiger partial charge in [-0.15, -0.1) is 12.4 Å². The Kier molecular flexibility index (Phi) is 5.28. The highest BCUT2D eigenvalue weighted by molar-refractivity contribution is 5.85. The molecule has 0 aromatic heterocycles. The molecule has 1 saturated heterocycles. The van der Waals surface area contributed by atoms with E-state index in [1.807, 2.05) is 0 Å². The molecule has 3 rings (SSSR count). The first kappa shape index (κ1) is 16.3. The largest absolute Gasteiger partial charge is 0.354 e. The zero-order valence-corrected chi connectivity index (χ0v) is 13.5. The minimum Gasteiger partial charge on any atom is -0.354 e. The maximum absolute atomic E-state index is 12.2. The number of hydrogen-bond donors (Lipinski definition) is 2. The predicted octanol–water partition coefficient (Wildman–Crippen LogP) is 2.71. The van der Waals surface area contributed by atoms with E-state index in [2.05, 4.69) is 41.8 Å². The summed E-state index contributed by atoms with van der Waals surface area (Å²) in [6.07, 6.45) is 5.71. The first-order valence-corrected chi connectivity index (χ1v) is 7.78. The van der Waals surface area contributed by atoms with Crippen molar-refractivity contribution in [1.82, 2.24) is 10.6 Å². The minimum absolute atomic E-state index is 0. The van der Waals surface area contributed by atoms with Crippen LogP contribution < -0.4 is 10.6 Å². The van der Waals surface area contributed by atoms with E-state index < -0.39 is 0 Å². The fraction of sp³-hybridized carbons (Fsp3) is 0.588. The third kappa shape index (κ3) is 3.58. The van der Waals surface area contributed by atoms with E-state index in [0.29, 0.717) is 0 Å². The SMILES string of the molecule is Cc1ccccc1C1(CNC(=O)C2CCCCN2)CC1.Cl. The number of rotatable bonds is 4. The number of benzene rings is 1. The maximum Gasteiger partial charge on any atom is 0.237 e. The van der Waals surface area contributed by atoms with Crippen LogP contribution in [-0.2, 0) is 10.2 Å². The lowest BCUT2D eigenvalue weighted by molar-refractivity contribution is -0.123. The molecule has 2 N–H and O–H groups in total. The summed E-state index contributed by atoms with van der Waals surface area (Å²) in [6.45, 7) is 3.93. The summed E-state index contributed by atoms with van der Waals surface area (Å²) in [5.74, 6) is 0.185. The van der Waals surface area contributed by atoms with E-state index in [1.165, 1.54) is 30.4 Å². The van der Waals surface area contributed by atoms with Gasteiger partial charge in [-0.05, 0) is 50.3 Å². The first-order valence-electron chi connectivity index (χ1n) is 7.78. The lowest BCUT2D eigenvalue weighted by atomic mass is 9.91. The van der Waals surface area contributed by atoms with Crippen LogP contribution in [0.1, 0.15) is 43.2 Å². The van der Waals surface area contributed by atoms with Crippen molar-refractivity contribution in [3.63, 3.8) is 0 Å². The second-order valence-electron chi connectivity index (χ2n) is 6.32. The van der Waals surface area contributed by atoms with Crippen molar-refractivity contribution in [3.05, 3.63) is 35.4 Å². The quantitative estimate of drug-likeness (QED) is 0.898. The number of amides is 1. The van der Waals surface area contributed by atoms with Crippen LogP contribution in [0.5, 0.6) is 0 Å². The molecule has 1 amide bonds. The number of halogens is 1. The molecule has 1 heterocycles. The maximum atomic E-state index is 12.2. The molecule has 1 aromatic rings. The molecule has 1 aromatic carbocycles. The molecule has 2 aliphatic rings. The van der Waals surface area contributed by atoms with Gasteiger partial charge < -0.3 is 10.6 Å².